The van der Waals surface area contributed by atoms with Gasteiger partial charge in [0.25, 0.3) is 0 Å². The van der Waals surface area contributed by atoms with Crippen molar-refractivity contribution in [2.24, 2.45) is 5.73 Å². The number of rotatable bonds is 7. The van der Waals surface area contributed by atoms with Crippen molar-refractivity contribution >= 4 is 24.0 Å². The Hall–Kier alpha value is -1.06. The standard InChI is InChI=1S/C22H28ClNO.ClH/c23-20-10-4-9-19(16-20)22(17-24)13-11-21(12-14-22)25-15-5-8-18-6-2-1-3-7-18;/h1-4,6-7,9-10,16,21H,5,8,11-15,17,24H2;1H/t21-,22-;. The first-order valence-corrected chi connectivity index (χ1v) is 9.71. The van der Waals surface area contributed by atoms with Gasteiger partial charge in [0.15, 0.2) is 0 Å². The second-order valence-corrected chi connectivity index (χ2v) is 7.59. The number of ether oxygens (including phenoxy) is 1. The monoisotopic (exact) mass is 393 g/mol. The summed E-state index contributed by atoms with van der Waals surface area (Å²) in [5.41, 5.74) is 8.90. The normalized spacial score (nSPS) is 22.6. The molecule has 0 saturated heterocycles. The van der Waals surface area contributed by atoms with Crippen LogP contribution in [-0.2, 0) is 16.6 Å². The second-order valence-electron chi connectivity index (χ2n) is 7.15. The largest absolute Gasteiger partial charge is 0.378 e. The van der Waals surface area contributed by atoms with Gasteiger partial charge in [-0.3, -0.25) is 0 Å². The highest BCUT2D eigenvalue weighted by molar-refractivity contribution is 6.30. The van der Waals surface area contributed by atoms with Gasteiger partial charge >= 0.3 is 0 Å². The highest BCUT2D eigenvalue weighted by atomic mass is 35.5. The minimum Gasteiger partial charge on any atom is -0.378 e. The van der Waals surface area contributed by atoms with Crippen molar-refractivity contribution in [2.75, 3.05) is 13.2 Å². The zero-order chi connectivity index (χ0) is 17.5. The smallest absolute Gasteiger partial charge is 0.0575 e. The lowest BCUT2D eigenvalue weighted by Gasteiger charge is -2.40. The Morgan fingerprint density at radius 1 is 1.04 bits per heavy atom. The zero-order valence-electron chi connectivity index (χ0n) is 15.2. The van der Waals surface area contributed by atoms with Crippen LogP contribution >= 0.6 is 24.0 Å². The van der Waals surface area contributed by atoms with Gasteiger partial charge in [0.1, 0.15) is 0 Å². The molecule has 1 aliphatic carbocycles. The summed E-state index contributed by atoms with van der Waals surface area (Å²) in [5.74, 6) is 0. The van der Waals surface area contributed by atoms with Crippen LogP contribution in [0, 0.1) is 0 Å². The molecule has 0 amide bonds. The van der Waals surface area contributed by atoms with Gasteiger partial charge in [-0.25, -0.2) is 0 Å². The van der Waals surface area contributed by atoms with Crippen LogP contribution in [0.15, 0.2) is 54.6 Å². The van der Waals surface area contributed by atoms with Crippen LogP contribution in [0.25, 0.3) is 0 Å². The van der Waals surface area contributed by atoms with Crippen molar-refractivity contribution in [1.29, 1.82) is 0 Å². The average Bonchev–Trinajstić information content (AvgIpc) is 2.67. The maximum absolute atomic E-state index is 6.18. The third kappa shape index (κ3) is 5.47. The number of hydrogen-bond acceptors (Lipinski definition) is 2. The summed E-state index contributed by atoms with van der Waals surface area (Å²) in [4.78, 5) is 0. The van der Waals surface area contributed by atoms with E-state index in [1.54, 1.807) is 0 Å². The number of aryl methyl sites for hydroxylation is 1. The van der Waals surface area contributed by atoms with E-state index >= 15 is 0 Å². The molecule has 0 aromatic heterocycles. The lowest BCUT2D eigenvalue weighted by Crippen LogP contribution is -2.40. The highest BCUT2D eigenvalue weighted by Gasteiger charge is 2.36. The predicted molar refractivity (Wildman–Crippen MR) is 112 cm³/mol. The Morgan fingerprint density at radius 2 is 1.77 bits per heavy atom. The van der Waals surface area contributed by atoms with E-state index in [4.69, 9.17) is 22.1 Å². The summed E-state index contributed by atoms with van der Waals surface area (Å²) in [6.45, 7) is 1.51. The Morgan fingerprint density at radius 3 is 2.42 bits per heavy atom. The van der Waals surface area contributed by atoms with Crippen molar-refractivity contribution < 1.29 is 4.74 Å². The first kappa shape index (κ1) is 21.2. The molecular formula is C22H29Cl2NO. The maximum Gasteiger partial charge on any atom is 0.0575 e. The van der Waals surface area contributed by atoms with Crippen LogP contribution in [0.4, 0.5) is 0 Å². The Kier molecular flexibility index (Phi) is 8.43. The highest BCUT2D eigenvalue weighted by Crippen LogP contribution is 2.40. The molecule has 2 aromatic rings. The summed E-state index contributed by atoms with van der Waals surface area (Å²) >= 11 is 6.18. The van der Waals surface area contributed by atoms with E-state index in [1.807, 2.05) is 12.1 Å². The third-order valence-electron chi connectivity index (χ3n) is 5.52. The van der Waals surface area contributed by atoms with Crippen molar-refractivity contribution in [2.45, 2.75) is 50.0 Å². The zero-order valence-corrected chi connectivity index (χ0v) is 16.8. The molecule has 0 atom stereocenters. The molecule has 0 unspecified atom stereocenters. The molecular weight excluding hydrogens is 365 g/mol. The molecule has 1 fully saturated rings. The molecule has 0 heterocycles. The molecule has 2 N–H and O–H groups in total. The molecule has 2 aromatic carbocycles. The molecule has 0 radical (unpaired) electrons. The summed E-state index contributed by atoms with van der Waals surface area (Å²) in [6, 6.07) is 18.8. The third-order valence-corrected chi connectivity index (χ3v) is 5.76. The van der Waals surface area contributed by atoms with Gasteiger partial charge < -0.3 is 10.5 Å². The predicted octanol–water partition coefficient (Wildman–Crippen LogP) is 5.55. The van der Waals surface area contributed by atoms with Crippen LogP contribution in [0.1, 0.15) is 43.2 Å². The summed E-state index contributed by atoms with van der Waals surface area (Å²) in [7, 11) is 0. The number of benzene rings is 2. The molecule has 0 spiro atoms. The van der Waals surface area contributed by atoms with Crippen molar-refractivity contribution in [1.82, 2.24) is 0 Å². The Labute approximate surface area is 168 Å². The summed E-state index contributed by atoms with van der Waals surface area (Å²) < 4.78 is 6.14. The van der Waals surface area contributed by atoms with Gasteiger partial charge in [-0.15, -0.1) is 12.4 Å². The quantitative estimate of drug-likeness (QED) is 0.625. The van der Waals surface area contributed by atoms with Crippen LogP contribution in [-0.4, -0.2) is 19.3 Å². The van der Waals surface area contributed by atoms with E-state index in [9.17, 15) is 0 Å². The molecule has 26 heavy (non-hydrogen) atoms. The molecule has 2 nitrogen and oxygen atoms in total. The maximum atomic E-state index is 6.18. The van der Waals surface area contributed by atoms with Crippen molar-refractivity contribution in [3.05, 3.63) is 70.7 Å². The Bertz CT molecular complexity index is 654. The second kappa shape index (κ2) is 10.3. The molecule has 0 bridgehead atoms. The fraction of sp³-hybridized carbons (Fsp3) is 0.455. The topological polar surface area (TPSA) is 35.2 Å². The summed E-state index contributed by atoms with van der Waals surface area (Å²) in [5, 5.41) is 0.796. The van der Waals surface area contributed by atoms with E-state index in [-0.39, 0.29) is 17.8 Å². The van der Waals surface area contributed by atoms with Gasteiger partial charge in [-0.2, -0.15) is 0 Å². The number of nitrogens with two attached hydrogens (primary N) is 1. The van der Waals surface area contributed by atoms with Crippen LogP contribution < -0.4 is 5.73 Å². The first-order chi connectivity index (χ1) is 12.2. The van der Waals surface area contributed by atoms with Gasteiger partial charge in [0, 0.05) is 23.6 Å². The minimum absolute atomic E-state index is 0. The van der Waals surface area contributed by atoms with Gasteiger partial charge in [-0.05, 0) is 61.8 Å². The van der Waals surface area contributed by atoms with Gasteiger partial charge in [0.2, 0.25) is 0 Å². The lowest BCUT2D eigenvalue weighted by atomic mass is 9.69. The molecule has 3 rings (SSSR count). The van der Waals surface area contributed by atoms with Crippen molar-refractivity contribution in [3.63, 3.8) is 0 Å². The molecule has 1 saturated carbocycles. The van der Waals surface area contributed by atoms with Crippen LogP contribution in [0.5, 0.6) is 0 Å². The van der Waals surface area contributed by atoms with E-state index in [0.717, 1.165) is 50.2 Å². The fourth-order valence-electron chi connectivity index (χ4n) is 3.91. The van der Waals surface area contributed by atoms with Crippen LogP contribution in [0.2, 0.25) is 5.02 Å². The van der Waals surface area contributed by atoms with Gasteiger partial charge in [-0.1, -0.05) is 54.1 Å². The van der Waals surface area contributed by atoms with E-state index in [0.29, 0.717) is 12.6 Å². The summed E-state index contributed by atoms with van der Waals surface area (Å²) in [6.07, 6.45) is 6.85. The molecule has 0 aliphatic heterocycles. The van der Waals surface area contributed by atoms with E-state index in [2.05, 4.69) is 42.5 Å². The molecule has 1 aliphatic rings. The first-order valence-electron chi connectivity index (χ1n) is 9.33. The molecule has 142 valence electrons. The van der Waals surface area contributed by atoms with Gasteiger partial charge in [0.05, 0.1) is 6.10 Å². The van der Waals surface area contributed by atoms with Crippen molar-refractivity contribution in [3.8, 4) is 0 Å². The van der Waals surface area contributed by atoms with Crippen LogP contribution in [0.3, 0.4) is 0 Å². The lowest BCUT2D eigenvalue weighted by molar-refractivity contribution is 0.0121. The molecule has 4 heteroatoms. The SMILES string of the molecule is Cl.NC[C@]1(c2cccc(Cl)c2)CC[C@H](OCCCc2ccccc2)CC1. The fourth-order valence-corrected chi connectivity index (χ4v) is 4.10. The minimum atomic E-state index is 0. The van der Waals surface area contributed by atoms with E-state index < -0.39 is 0 Å². The number of hydrogen-bond donors (Lipinski definition) is 1. The Balaban J connectivity index is 0.00000243. The number of halogens is 2. The average molecular weight is 394 g/mol. The van der Waals surface area contributed by atoms with E-state index in [1.165, 1.54) is 11.1 Å².